The lowest BCUT2D eigenvalue weighted by Gasteiger charge is -2.33. The number of fused-ring (bicyclic) bond motifs is 1. The molecule has 0 fully saturated rings. The van der Waals surface area contributed by atoms with Crippen LogP contribution in [0.15, 0.2) is 54.7 Å². The maximum atomic E-state index is 11.5. The minimum atomic E-state index is -0.891. The number of aromatic nitrogens is 1. The first-order valence-corrected chi connectivity index (χ1v) is 10.8. The van der Waals surface area contributed by atoms with Crippen molar-refractivity contribution in [3.63, 3.8) is 0 Å². The van der Waals surface area contributed by atoms with Crippen molar-refractivity contribution in [3.8, 4) is 5.75 Å². The predicted molar refractivity (Wildman–Crippen MR) is 129 cm³/mol. The van der Waals surface area contributed by atoms with Crippen LogP contribution in [0.3, 0.4) is 0 Å². The van der Waals surface area contributed by atoms with Gasteiger partial charge < -0.3 is 25.8 Å². The maximum Gasteiger partial charge on any atom is 0.407 e. The molecule has 1 heterocycles. The number of hydrogen-bond donors (Lipinski definition) is 3. The Morgan fingerprint density at radius 1 is 1.16 bits per heavy atom. The number of pyridine rings is 1. The number of rotatable bonds is 9. The van der Waals surface area contributed by atoms with E-state index in [9.17, 15) is 9.90 Å². The van der Waals surface area contributed by atoms with Gasteiger partial charge in [0.05, 0.1) is 23.1 Å². The number of ether oxygens (including phenoxy) is 1. The number of nitrogens with one attached hydrogen (secondary N) is 1. The molecule has 4 N–H and O–H groups in total. The van der Waals surface area contributed by atoms with Crippen molar-refractivity contribution in [2.45, 2.75) is 45.8 Å². The van der Waals surface area contributed by atoms with Gasteiger partial charge in [0.25, 0.3) is 0 Å². The minimum absolute atomic E-state index is 0.416. The van der Waals surface area contributed by atoms with Gasteiger partial charge in [-0.2, -0.15) is 0 Å². The Labute approximate surface area is 189 Å². The molecule has 0 saturated heterocycles. The summed E-state index contributed by atoms with van der Waals surface area (Å²) in [5.74, 6) is 0.749. The first-order valence-electron chi connectivity index (χ1n) is 10.8. The van der Waals surface area contributed by atoms with E-state index in [2.05, 4.69) is 10.3 Å². The zero-order chi connectivity index (χ0) is 23.1. The molecule has 1 amide bonds. The van der Waals surface area contributed by atoms with Crippen molar-refractivity contribution < 1.29 is 14.6 Å². The maximum absolute atomic E-state index is 11.5. The van der Waals surface area contributed by atoms with Crippen LogP contribution < -0.4 is 15.8 Å². The van der Waals surface area contributed by atoms with E-state index in [1.54, 1.807) is 6.20 Å². The molecule has 0 spiro atoms. The van der Waals surface area contributed by atoms with E-state index in [4.69, 9.17) is 10.5 Å². The standard InChI is InChI=1S/C25H32N4O3/c1-25(2,3)29(24(30)31)14-8-7-13-27-23-20-15-19(11-12-22(20)28-16-21(23)26)32-17-18-9-5-4-6-10-18/h4-6,9-12,15-16H,7-8,13-14,17,26H2,1-3H3,(H,27,28)(H,30,31). The number of nitrogens with two attached hydrogens (primary N) is 1. The topological polar surface area (TPSA) is 101 Å². The molecule has 32 heavy (non-hydrogen) atoms. The molecular weight excluding hydrogens is 404 g/mol. The number of benzene rings is 2. The van der Waals surface area contributed by atoms with E-state index in [-0.39, 0.29) is 0 Å². The monoisotopic (exact) mass is 436 g/mol. The second kappa shape index (κ2) is 10.2. The lowest BCUT2D eigenvalue weighted by atomic mass is 10.1. The molecule has 2 aromatic carbocycles. The molecular formula is C25H32N4O3. The van der Waals surface area contributed by atoms with Crippen LogP contribution in [0, 0.1) is 0 Å². The Balaban J connectivity index is 1.64. The fourth-order valence-corrected chi connectivity index (χ4v) is 3.54. The van der Waals surface area contributed by atoms with E-state index in [1.807, 2.05) is 69.3 Å². The highest BCUT2D eigenvalue weighted by molar-refractivity contribution is 5.97. The summed E-state index contributed by atoms with van der Waals surface area (Å²) in [6.07, 6.45) is 2.33. The third-order valence-corrected chi connectivity index (χ3v) is 5.27. The molecule has 0 radical (unpaired) electrons. The number of unbranched alkanes of at least 4 members (excludes halogenated alkanes) is 1. The number of carboxylic acid groups (broad SMARTS) is 1. The number of amides is 1. The number of hydrogen-bond acceptors (Lipinski definition) is 5. The smallest absolute Gasteiger partial charge is 0.407 e. The molecule has 0 bridgehead atoms. The van der Waals surface area contributed by atoms with Crippen LogP contribution in [0.2, 0.25) is 0 Å². The van der Waals surface area contributed by atoms with E-state index in [0.717, 1.165) is 40.7 Å². The largest absolute Gasteiger partial charge is 0.489 e. The molecule has 1 aromatic heterocycles. The number of nitrogens with zero attached hydrogens (tertiary/aromatic N) is 2. The molecule has 0 aliphatic carbocycles. The van der Waals surface area contributed by atoms with Crippen molar-refractivity contribution in [2.75, 3.05) is 24.1 Å². The molecule has 0 unspecified atom stereocenters. The number of anilines is 2. The predicted octanol–water partition coefficient (Wildman–Crippen LogP) is 5.37. The normalized spacial score (nSPS) is 11.3. The van der Waals surface area contributed by atoms with Crippen LogP contribution in [0.25, 0.3) is 10.9 Å². The summed E-state index contributed by atoms with van der Waals surface area (Å²) in [4.78, 5) is 17.4. The highest BCUT2D eigenvalue weighted by atomic mass is 16.5. The average molecular weight is 437 g/mol. The van der Waals surface area contributed by atoms with Gasteiger partial charge in [-0.1, -0.05) is 30.3 Å². The van der Waals surface area contributed by atoms with Gasteiger partial charge >= 0.3 is 6.09 Å². The summed E-state index contributed by atoms with van der Waals surface area (Å²) in [5, 5.41) is 13.7. The van der Waals surface area contributed by atoms with Gasteiger partial charge in [-0.25, -0.2) is 4.79 Å². The summed E-state index contributed by atoms with van der Waals surface area (Å²) in [5.41, 5.74) is 9.12. The van der Waals surface area contributed by atoms with Crippen molar-refractivity contribution in [1.82, 2.24) is 9.88 Å². The average Bonchev–Trinajstić information content (AvgIpc) is 2.75. The van der Waals surface area contributed by atoms with Crippen molar-refractivity contribution >= 4 is 28.4 Å². The fourth-order valence-electron chi connectivity index (χ4n) is 3.54. The molecule has 0 aliphatic rings. The third kappa shape index (κ3) is 6.03. The zero-order valence-electron chi connectivity index (χ0n) is 19.0. The van der Waals surface area contributed by atoms with Crippen LogP contribution in [-0.4, -0.2) is 39.7 Å². The summed E-state index contributed by atoms with van der Waals surface area (Å²) in [6.45, 7) is 7.36. The van der Waals surface area contributed by atoms with Crippen LogP contribution in [-0.2, 0) is 6.61 Å². The molecule has 170 valence electrons. The van der Waals surface area contributed by atoms with Gasteiger partial charge in [-0.15, -0.1) is 0 Å². The quantitative estimate of drug-likeness (QED) is 0.390. The van der Waals surface area contributed by atoms with Gasteiger partial charge in [0, 0.05) is 24.0 Å². The van der Waals surface area contributed by atoms with Crippen molar-refractivity contribution in [3.05, 3.63) is 60.3 Å². The van der Waals surface area contributed by atoms with E-state index >= 15 is 0 Å². The second-order valence-corrected chi connectivity index (χ2v) is 8.78. The number of carbonyl (C=O) groups is 1. The lowest BCUT2D eigenvalue weighted by molar-refractivity contribution is 0.0993. The van der Waals surface area contributed by atoms with E-state index in [0.29, 0.717) is 25.4 Å². The molecule has 0 saturated carbocycles. The Kier molecular flexibility index (Phi) is 7.41. The first kappa shape index (κ1) is 23.2. The number of nitrogen functional groups attached to an aromatic ring is 1. The van der Waals surface area contributed by atoms with Crippen molar-refractivity contribution in [1.29, 1.82) is 0 Å². The van der Waals surface area contributed by atoms with Gasteiger partial charge in [0.1, 0.15) is 12.4 Å². The Morgan fingerprint density at radius 2 is 1.91 bits per heavy atom. The highest BCUT2D eigenvalue weighted by Gasteiger charge is 2.25. The van der Waals surface area contributed by atoms with E-state index in [1.165, 1.54) is 4.90 Å². The van der Waals surface area contributed by atoms with Crippen LogP contribution in [0.4, 0.5) is 16.2 Å². The van der Waals surface area contributed by atoms with Crippen LogP contribution in [0.1, 0.15) is 39.2 Å². The minimum Gasteiger partial charge on any atom is -0.489 e. The van der Waals surface area contributed by atoms with Gasteiger partial charge in [-0.3, -0.25) is 4.98 Å². The van der Waals surface area contributed by atoms with Crippen molar-refractivity contribution in [2.24, 2.45) is 0 Å². The molecule has 7 nitrogen and oxygen atoms in total. The fraction of sp³-hybridized carbons (Fsp3) is 0.360. The summed E-state index contributed by atoms with van der Waals surface area (Å²) in [7, 11) is 0. The SMILES string of the molecule is CC(C)(C)N(CCCCNc1c(N)cnc2ccc(OCc3ccccc3)cc12)C(=O)O. The Morgan fingerprint density at radius 3 is 2.59 bits per heavy atom. The first-order chi connectivity index (χ1) is 15.3. The Hall–Kier alpha value is -3.48. The third-order valence-electron chi connectivity index (χ3n) is 5.27. The molecule has 3 aromatic rings. The molecule has 0 aliphatic heterocycles. The summed E-state index contributed by atoms with van der Waals surface area (Å²) in [6, 6.07) is 15.8. The van der Waals surface area contributed by atoms with Crippen LogP contribution in [0.5, 0.6) is 5.75 Å². The van der Waals surface area contributed by atoms with Gasteiger partial charge in [0.2, 0.25) is 0 Å². The summed E-state index contributed by atoms with van der Waals surface area (Å²) < 4.78 is 5.96. The van der Waals surface area contributed by atoms with E-state index < -0.39 is 11.6 Å². The van der Waals surface area contributed by atoms with Gasteiger partial charge in [0.15, 0.2) is 0 Å². The molecule has 0 atom stereocenters. The second-order valence-electron chi connectivity index (χ2n) is 8.78. The van der Waals surface area contributed by atoms with Crippen LogP contribution >= 0.6 is 0 Å². The molecule has 3 rings (SSSR count). The molecule has 7 heteroatoms. The zero-order valence-corrected chi connectivity index (χ0v) is 19.0. The Bertz CT molecular complexity index is 1050. The lowest BCUT2D eigenvalue weighted by Crippen LogP contribution is -2.45. The summed E-state index contributed by atoms with van der Waals surface area (Å²) >= 11 is 0. The van der Waals surface area contributed by atoms with Gasteiger partial charge in [-0.05, 0) is 57.4 Å². The highest BCUT2D eigenvalue weighted by Crippen LogP contribution is 2.31.